The number of benzene rings is 1. The van der Waals surface area contributed by atoms with Crippen LogP contribution >= 0.6 is 23.7 Å². The maximum Gasteiger partial charge on any atom is 0.222 e. The predicted octanol–water partition coefficient (Wildman–Crippen LogP) is 4.98. The summed E-state index contributed by atoms with van der Waals surface area (Å²) in [6, 6.07) is 7.83. The van der Waals surface area contributed by atoms with Gasteiger partial charge >= 0.3 is 0 Å². The second-order valence-electron chi connectivity index (χ2n) is 5.32. The average Bonchev–Trinajstić information content (AvgIpc) is 2.61. The van der Waals surface area contributed by atoms with E-state index in [0.29, 0.717) is 5.17 Å². The summed E-state index contributed by atoms with van der Waals surface area (Å²) in [6.07, 6.45) is 11.0. The maximum absolute atomic E-state index is 11.0. The van der Waals surface area contributed by atoms with E-state index >= 15 is 0 Å². The molecule has 0 spiro atoms. The summed E-state index contributed by atoms with van der Waals surface area (Å²) in [6.45, 7) is 3.61. The molecule has 1 amide bonds. The Bertz CT molecular complexity index is 623. The number of rotatable bonds is 4. The van der Waals surface area contributed by atoms with Gasteiger partial charge in [0.2, 0.25) is 5.91 Å². The Balaban J connectivity index is 0.000000370. The number of nitrogens with one attached hydrogen (secondary N) is 1. The van der Waals surface area contributed by atoms with Gasteiger partial charge in [0.15, 0.2) is 5.17 Å². The molecule has 0 unspecified atom stereocenters. The Labute approximate surface area is 159 Å². The topological polar surface area (TPSA) is 50.7 Å². The number of amides is 1. The van der Waals surface area contributed by atoms with Crippen LogP contribution in [-0.4, -0.2) is 24.4 Å². The van der Waals surface area contributed by atoms with E-state index in [1.807, 2.05) is 30.5 Å². The third kappa shape index (κ3) is 10.0. The van der Waals surface area contributed by atoms with Gasteiger partial charge in [0.05, 0.1) is 7.11 Å². The minimum atomic E-state index is -0.106. The van der Waals surface area contributed by atoms with Crippen molar-refractivity contribution in [1.82, 2.24) is 5.32 Å². The lowest BCUT2D eigenvalue weighted by atomic mass is 10.1. The molecule has 4 nitrogen and oxygen atoms in total. The van der Waals surface area contributed by atoms with Gasteiger partial charge in [-0.25, -0.2) is 0 Å². The van der Waals surface area contributed by atoms with Crippen LogP contribution in [-0.2, 0) is 10.5 Å². The van der Waals surface area contributed by atoms with Crippen LogP contribution in [0.25, 0.3) is 0 Å². The van der Waals surface area contributed by atoms with E-state index in [0.717, 1.165) is 17.1 Å². The van der Waals surface area contributed by atoms with Crippen molar-refractivity contribution in [2.45, 2.75) is 32.4 Å². The molecular formula is C19H26N2O2S2. The Hall–Kier alpha value is -1.66. The molecule has 25 heavy (non-hydrogen) atoms. The largest absolute Gasteiger partial charge is 0.497 e. The second-order valence-corrected chi connectivity index (χ2v) is 6.84. The lowest BCUT2D eigenvalue weighted by Gasteiger charge is -2.06. The fourth-order valence-electron chi connectivity index (χ4n) is 1.94. The molecule has 0 aliphatic heterocycles. The summed E-state index contributed by atoms with van der Waals surface area (Å²) < 4.78 is 9.25. The fraction of sp³-hybridized carbons (Fsp3) is 0.368. The zero-order valence-electron chi connectivity index (χ0n) is 15.2. The first-order valence-electron chi connectivity index (χ1n) is 8.03. The lowest BCUT2D eigenvalue weighted by molar-refractivity contribution is -0.117. The molecule has 0 fully saturated rings. The molecule has 0 bridgehead atoms. The highest BCUT2D eigenvalue weighted by Gasteiger charge is 2.03. The molecule has 1 N–H and O–H groups in total. The molecule has 1 aromatic carbocycles. The van der Waals surface area contributed by atoms with Crippen LogP contribution in [0, 0.1) is 0 Å². The number of carbonyl (C=O) groups excluding carboxylic acids is 1. The van der Waals surface area contributed by atoms with Gasteiger partial charge in [-0.2, -0.15) is 4.40 Å². The van der Waals surface area contributed by atoms with Crippen LogP contribution in [0.5, 0.6) is 5.75 Å². The van der Waals surface area contributed by atoms with E-state index < -0.39 is 0 Å². The van der Waals surface area contributed by atoms with Crippen LogP contribution in [0.2, 0.25) is 0 Å². The van der Waals surface area contributed by atoms with E-state index in [-0.39, 0.29) is 5.91 Å². The van der Waals surface area contributed by atoms with Gasteiger partial charge in [-0.15, -0.1) is 0 Å². The van der Waals surface area contributed by atoms with Crippen molar-refractivity contribution < 1.29 is 9.53 Å². The highest BCUT2D eigenvalue weighted by Crippen LogP contribution is 2.18. The van der Waals surface area contributed by atoms with Crippen molar-refractivity contribution >= 4 is 34.8 Å². The van der Waals surface area contributed by atoms with Crippen LogP contribution in [0.15, 0.2) is 52.5 Å². The number of methoxy groups -OCH3 is 1. The Morgan fingerprint density at radius 3 is 2.44 bits per heavy atom. The number of amidine groups is 1. The third-order valence-corrected chi connectivity index (χ3v) is 4.60. The lowest BCUT2D eigenvalue weighted by Crippen LogP contribution is -2.25. The normalized spacial score (nSPS) is 13.4. The van der Waals surface area contributed by atoms with Gasteiger partial charge < -0.3 is 10.1 Å². The number of hydrogen-bond donors (Lipinski definition) is 1. The first-order chi connectivity index (χ1) is 12.0. The number of nitrogens with zero attached hydrogens (tertiary/aromatic N) is 1. The standard InChI is InChI=1S/C12H16N2O2S2.C7H10/c1-9(15)13-12(14-17-3)18-8-10-4-6-11(16-2)7-5-10;1-7-5-3-2-4-6-7/h4-7H,8H2,1-3H3,(H,13,14,15);3,5-6H,2,4H2,1H3. The summed E-state index contributed by atoms with van der Waals surface area (Å²) in [4.78, 5) is 11.0. The molecule has 0 heterocycles. The van der Waals surface area contributed by atoms with E-state index in [1.165, 1.54) is 49.0 Å². The van der Waals surface area contributed by atoms with Gasteiger partial charge in [0.1, 0.15) is 5.75 Å². The quantitative estimate of drug-likeness (QED) is 0.456. The first kappa shape index (κ1) is 21.4. The number of allylic oxidation sites excluding steroid dienone is 4. The van der Waals surface area contributed by atoms with Crippen molar-refractivity contribution in [3.05, 3.63) is 53.6 Å². The number of ether oxygens (including phenoxy) is 1. The molecule has 2 rings (SSSR count). The first-order valence-corrected chi connectivity index (χ1v) is 10.2. The number of thioether (sulfide) groups is 1. The van der Waals surface area contributed by atoms with Gasteiger partial charge in [-0.05, 0) is 49.4 Å². The SMILES string of the molecule is CC1=CCCC=C1.COc1ccc(CS/C(=N/SC)NC(C)=O)cc1. The third-order valence-electron chi connectivity index (χ3n) is 3.17. The van der Waals surface area contributed by atoms with Crippen molar-refractivity contribution in [1.29, 1.82) is 0 Å². The molecule has 0 atom stereocenters. The zero-order chi connectivity index (χ0) is 18.5. The Morgan fingerprint density at radius 1 is 1.28 bits per heavy atom. The maximum atomic E-state index is 11.0. The molecule has 1 aliphatic rings. The summed E-state index contributed by atoms with van der Waals surface area (Å²) in [5, 5.41) is 3.33. The van der Waals surface area contributed by atoms with Gasteiger partial charge in [-0.1, -0.05) is 47.7 Å². The Morgan fingerprint density at radius 2 is 2.00 bits per heavy atom. The molecule has 6 heteroatoms. The van der Waals surface area contributed by atoms with Crippen LogP contribution in [0.4, 0.5) is 0 Å². The monoisotopic (exact) mass is 378 g/mol. The highest BCUT2D eigenvalue weighted by atomic mass is 32.2. The summed E-state index contributed by atoms with van der Waals surface area (Å²) in [5.41, 5.74) is 2.56. The molecule has 0 radical (unpaired) electrons. The molecule has 1 aliphatic carbocycles. The molecule has 1 aromatic rings. The summed E-state index contributed by atoms with van der Waals surface area (Å²) >= 11 is 2.82. The zero-order valence-corrected chi connectivity index (χ0v) is 16.9. The summed E-state index contributed by atoms with van der Waals surface area (Å²) in [5.74, 6) is 1.48. The number of carbonyl (C=O) groups is 1. The fourth-order valence-corrected chi connectivity index (χ4v) is 3.29. The van der Waals surface area contributed by atoms with Crippen LogP contribution in [0.1, 0.15) is 32.3 Å². The van der Waals surface area contributed by atoms with E-state index in [2.05, 4.69) is 34.9 Å². The second kappa shape index (κ2) is 12.7. The van der Waals surface area contributed by atoms with Crippen molar-refractivity contribution in [3.63, 3.8) is 0 Å². The average molecular weight is 379 g/mol. The van der Waals surface area contributed by atoms with Crippen molar-refractivity contribution in [2.24, 2.45) is 4.40 Å². The number of hydrogen-bond acceptors (Lipinski definition) is 5. The highest BCUT2D eigenvalue weighted by molar-refractivity contribution is 8.14. The molecule has 0 saturated carbocycles. The molecule has 0 saturated heterocycles. The molecular weight excluding hydrogens is 352 g/mol. The van der Waals surface area contributed by atoms with Crippen LogP contribution < -0.4 is 10.1 Å². The van der Waals surface area contributed by atoms with E-state index in [4.69, 9.17) is 4.74 Å². The van der Waals surface area contributed by atoms with Gasteiger partial charge in [-0.3, -0.25) is 4.79 Å². The smallest absolute Gasteiger partial charge is 0.222 e. The minimum absolute atomic E-state index is 0.106. The van der Waals surface area contributed by atoms with Gasteiger partial charge in [0.25, 0.3) is 0 Å². The van der Waals surface area contributed by atoms with Crippen molar-refractivity contribution in [3.8, 4) is 5.75 Å². The minimum Gasteiger partial charge on any atom is -0.497 e. The van der Waals surface area contributed by atoms with Crippen LogP contribution in [0.3, 0.4) is 0 Å². The Kier molecular flexibility index (Phi) is 10.8. The summed E-state index contributed by atoms with van der Waals surface area (Å²) in [7, 11) is 1.64. The van der Waals surface area contributed by atoms with Crippen molar-refractivity contribution in [2.75, 3.05) is 13.4 Å². The molecule has 0 aromatic heterocycles. The van der Waals surface area contributed by atoms with E-state index in [1.54, 1.807) is 7.11 Å². The van der Waals surface area contributed by atoms with Gasteiger partial charge in [0, 0.05) is 18.9 Å². The molecule has 136 valence electrons. The predicted molar refractivity (Wildman–Crippen MR) is 111 cm³/mol. The van der Waals surface area contributed by atoms with E-state index in [9.17, 15) is 4.79 Å².